The number of halogens is 1. The highest BCUT2D eigenvalue weighted by molar-refractivity contribution is 7.92. The highest BCUT2D eigenvalue weighted by Gasteiger charge is 2.51. The summed E-state index contributed by atoms with van der Waals surface area (Å²) in [6.45, 7) is 0. The molecule has 130 valence electrons. The Hall–Kier alpha value is -2.61. The van der Waals surface area contributed by atoms with Gasteiger partial charge in [0.1, 0.15) is 5.82 Å². The summed E-state index contributed by atoms with van der Waals surface area (Å²) in [6.07, 6.45) is 2.39. The fraction of sp³-hybridized carbons (Fsp3) is 0.235. The van der Waals surface area contributed by atoms with Gasteiger partial charge in [0.05, 0.1) is 27.4 Å². The Kier molecular flexibility index (Phi) is 3.30. The number of nitrogens with two attached hydrogens (primary N) is 1. The van der Waals surface area contributed by atoms with Crippen LogP contribution in [0.15, 0.2) is 41.3 Å². The molecule has 0 saturated heterocycles. The number of rotatable bonds is 3. The van der Waals surface area contributed by atoms with E-state index in [4.69, 9.17) is 5.73 Å². The molecule has 2 aromatic carbocycles. The second-order valence-electron chi connectivity index (χ2n) is 6.44. The van der Waals surface area contributed by atoms with Crippen molar-refractivity contribution in [3.05, 3.63) is 47.8 Å². The number of anilines is 3. The maximum absolute atomic E-state index is 13.0. The number of amides is 1. The molecule has 0 atom stereocenters. The van der Waals surface area contributed by atoms with Crippen LogP contribution in [0.3, 0.4) is 0 Å². The molecule has 0 aromatic heterocycles. The average molecular weight is 361 g/mol. The Bertz CT molecular complexity index is 983. The van der Waals surface area contributed by atoms with Gasteiger partial charge in [-0.05, 0) is 54.8 Å². The fourth-order valence-corrected chi connectivity index (χ4v) is 4.49. The summed E-state index contributed by atoms with van der Waals surface area (Å²) in [7, 11) is -3.88. The number of nitrogen functional groups attached to an aromatic ring is 1. The van der Waals surface area contributed by atoms with Crippen molar-refractivity contribution < 1.29 is 17.6 Å². The average Bonchev–Trinajstić information content (AvgIpc) is 2.80. The van der Waals surface area contributed by atoms with Crippen molar-refractivity contribution in [2.45, 2.75) is 29.6 Å². The Labute approximate surface area is 144 Å². The van der Waals surface area contributed by atoms with Crippen molar-refractivity contribution in [1.82, 2.24) is 0 Å². The molecule has 0 radical (unpaired) electrons. The summed E-state index contributed by atoms with van der Waals surface area (Å²) in [5.74, 6) is -0.601. The molecule has 2 aromatic rings. The van der Waals surface area contributed by atoms with Gasteiger partial charge in [0.25, 0.3) is 10.0 Å². The van der Waals surface area contributed by atoms with Gasteiger partial charge < -0.3 is 11.1 Å². The van der Waals surface area contributed by atoms with Gasteiger partial charge in [0.2, 0.25) is 5.91 Å². The van der Waals surface area contributed by atoms with E-state index in [0.717, 1.165) is 37.0 Å². The first kappa shape index (κ1) is 15.9. The number of hydrogen-bond donors (Lipinski definition) is 3. The quantitative estimate of drug-likeness (QED) is 0.731. The van der Waals surface area contributed by atoms with Gasteiger partial charge in [-0.1, -0.05) is 6.42 Å². The van der Waals surface area contributed by atoms with Crippen LogP contribution in [0.5, 0.6) is 0 Å². The van der Waals surface area contributed by atoms with Gasteiger partial charge in [-0.25, -0.2) is 12.8 Å². The van der Waals surface area contributed by atoms with Crippen LogP contribution in [0.1, 0.15) is 24.8 Å². The lowest BCUT2D eigenvalue weighted by Gasteiger charge is -2.36. The Morgan fingerprint density at radius 1 is 1.16 bits per heavy atom. The van der Waals surface area contributed by atoms with Crippen molar-refractivity contribution in [1.29, 1.82) is 0 Å². The zero-order valence-corrected chi connectivity index (χ0v) is 14.0. The lowest BCUT2D eigenvalue weighted by molar-refractivity contribution is -0.123. The number of sulfonamides is 1. The molecule has 0 bridgehead atoms. The molecule has 1 fully saturated rings. The topological polar surface area (TPSA) is 101 Å². The Morgan fingerprint density at radius 2 is 1.84 bits per heavy atom. The van der Waals surface area contributed by atoms with Crippen LogP contribution in [-0.4, -0.2) is 14.3 Å². The van der Waals surface area contributed by atoms with Crippen molar-refractivity contribution >= 4 is 33.0 Å². The highest BCUT2D eigenvalue weighted by Crippen LogP contribution is 2.53. The Morgan fingerprint density at radius 3 is 2.44 bits per heavy atom. The lowest BCUT2D eigenvalue weighted by atomic mass is 9.65. The number of fused-ring (bicyclic) bond motifs is 2. The summed E-state index contributed by atoms with van der Waals surface area (Å²) < 4.78 is 40.4. The van der Waals surface area contributed by atoms with Crippen LogP contribution in [0.2, 0.25) is 0 Å². The van der Waals surface area contributed by atoms with Crippen LogP contribution in [-0.2, 0) is 20.2 Å². The molecule has 0 unspecified atom stereocenters. The minimum absolute atomic E-state index is 0.0551. The monoisotopic (exact) mass is 361 g/mol. The van der Waals surface area contributed by atoms with E-state index in [1.165, 1.54) is 18.2 Å². The standard InChI is InChI=1S/C17H16FN3O3S/c18-10-2-4-12(5-3-10)25(23,24)21-11-8-13-15(14(19)9-11)20-16(22)17(13)6-1-7-17/h2-5,8-9,21H,1,6-7,19H2,(H,20,22). The van der Waals surface area contributed by atoms with E-state index >= 15 is 0 Å². The number of carbonyl (C=O) groups excluding carboxylic acids is 1. The predicted molar refractivity (Wildman–Crippen MR) is 92.2 cm³/mol. The molecule has 2 aliphatic rings. The third-order valence-corrected chi connectivity index (χ3v) is 6.34. The van der Waals surface area contributed by atoms with E-state index in [1.54, 1.807) is 6.07 Å². The van der Waals surface area contributed by atoms with Crippen molar-refractivity contribution in [3.63, 3.8) is 0 Å². The third-order valence-electron chi connectivity index (χ3n) is 4.94. The minimum Gasteiger partial charge on any atom is -0.397 e. The van der Waals surface area contributed by atoms with Crippen LogP contribution in [0, 0.1) is 5.82 Å². The lowest BCUT2D eigenvalue weighted by Crippen LogP contribution is -2.40. The van der Waals surface area contributed by atoms with E-state index in [1.807, 2.05) is 0 Å². The summed E-state index contributed by atoms with van der Waals surface area (Å²) >= 11 is 0. The maximum atomic E-state index is 13.0. The highest BCUT2D eigenvalue weighted by atomic mass is 32.2. The molecular formula is C17H16FN3O3S. The van der Waals surface area contributed by atoms with Gasteiger partial charge in [-0.3, -0.25) is 9.52 Å². The van der Waals surface area contributed by atoms with Gasteiger partial charge in [-0.2, -0.15) is 0 Å². The maximum Gasteiger partial charge on any atom is 0.261 e. The van der Waals surface area contributed by atoms with E-state index in [-0.39, 0.29) is 16.5 Å². The van der Waals surface area contributed by atoms with Crippen molar-refractivity contribution in [3.8, 4) is 0 Å². The number of benzene rings is 2. The molecule has 4 N–H and O–H groups in total. The van der Waals surface area contributed by atoms with Crippen LogP contribution in [0.25, 0.3) is 0 Å². The van der Waals surface area contributed by atoms with Crippen LogP contribution < -0.4 is 15.8 Å². The molecule has 1 aliphatic heterocycles. The number of hydrogen-bond acceptors (Lipinski definition) is 4. The van der Waals surface area contributed by atoms with Gasteiger partial charge in [0.15, 0.2) is 0 Å². The third kappa shape index (κ3) is 2.36. The molecule has 8 heteroatoms. The zero-order valence-electron chi connectivity index (χ0n) is 13.2. The van der Waals surface area contributed by atoms with Gasteiger partial charge in [-0.15, -0.1) is 0 Å². The van der Waals surface area contributed by atoms with Gasteiger partial charge >= 0.3 is 0 Å². The van der Waals surface area contributed by atoms with Crippen LogP contribution in [0.4, 0.5) is 21.5 Å². The summed E-state index contributed by atoms with van der Waals surface area (Å²) in [4.78, 5) is 12.2. The molecule has 1 spiro atoms. The SMILES string of the molecule is Nc1cc(NS(=O)(=O)c2ccc(F)cc2)cc2c1NC(=O)C21CCC1. The predicted octanol–water partition coefficient (Wildman–Crippen LogP) is 2.58. The Balaban J connectivity index is 1.72. The first-order valence-corrected chi connectivity index (χ1v) is 9.34. The normalized spacial score (nSPS) is 17.7. The van der Waals surface area contributed by atoms with Gasteiger partial charge in [0, 0.05) is 0 Å². The van der Waals surface area contributed by atoms with Crippen molar-refractivity contribution in [2.75, 3.05) is 15.8 Å². The molecule has 25 heavy (non-hydrogen) atoms. The molecule has 1 heterocycles. The largest absolute Gasteiger partial charge is 0.397 e. The molecular weight excluding hydrogens is 345 g/mol. The molecule has 1 saturated carbocycles. The second kappa shape index (κ2) is 5.19. The van der Waals surface area contributed by atoms with E-state index in [2.05, 4.69) is 10.0 Å². The summed E-state index contributed by atoms with van der Waals surface area (Å²) in [5.41, 5.74) is 7.31. The summed E-state index contributed by atoms with van der Waals surface area (Å²) in [5, 5.41) is 2.80. The minimum atomic E-state index is -3.88. The first-order chi connectivity index (χ1) is 11.8. The smallest absolute Gasteiger partial charge is 0.261 e. The van der Waals surface area contributed by atoms with E-state index < -0.39 is 21.3 Å². The van der Waals surface area contributed by atoms with Crippen molar-refractivity contribution in [2.24, 2.45) is 0 Å². The molecule has 6 nitrogen and oxygen atoms in total. The van der Waals surface area contributed by atoms with E-state index in [9.17, 15) is 17.6 Å². The van der Waals surface area contributed by atoms with E-state index in [0.29, 0.717) is 11.4 Å². The second-order valence-corrected chi connectivity index (χ2v) is 8.12. The number of nitrogens with one attached hydrogen (secondary N) is 2. The molecule has 1 aliphatic carbocycles. The molecule has 1 amide bonds. The van der Waals surface area contributed by atoms with Crippen LogP contribution >= 0.6 is 0 Å². The number of carbonyl (C=O) groups is 1. The summed E-state index contributed by atoms with van der Waals surface area (Å²) in [6, 6.07) is 7.66. The fourth-order valence-electron chi connectivity index (χ4n) is 3.45. The molecule has 4 rings (SSSR count). The zero-order chi connectivity index (χ0) is 17.8. The first-order valence-electron chi connectivity index (χ1n) is 7.86.